The van der Waals surface area contributed by atoms with Crippen molar-refractivity contribution in [1.82, 2.24) is 4.90 Å². The van der Waals surface area contributed by atoms with Crippen molar-refractivity contribution >= 4 is 11.8 Å². The van der Waals surface area contributed by atoms with E-state index in [1.54, 1.807) is 12.1 Å². The first-order valence-electron chi connectivity index (χ1n) is 14.3. The normalized spacial score (nSPS) is 14.6. The largest absolute Gasteiger partial charge is 0.381 e. The highest BCUT2D eigenvalue weighted by Crippen LogP contribution is 2.24. The van der Waals surface area contributed by atoms with Crippen molar-refractivity contribution < 1.29 is 14.3 Å². The molecular weight excluding hydrogens is 422 g/mol. The molecule has 1 aliphatic heterocycles. The highest BCUT2D eigenvalue weighted by Gasteiger charge is 2.34. The Balaban J connectivity index is 0. The van der Waals surface area contributed by atoms with Gasteiger partial charge in [0.25, 0.3) is 11.8 Å². The van der Waals surface area contributed by atoms with Gasteiger partial charge in [-0.05, 0) is 43.7 Å². The summed E-state index contributed by atoms with van der Waals surface area (Å²) in [7, 11) is 0. The highest BCUT2D eigenvalue weighted by molar-refractivity contribution is 6.21. The zero-order valence-corrected chi connectivity index (χ0v) is 23.8. The third kappa shape index (κ3) is 12.7. The number of carbonyl (C=O) groups is 2. The smallest absolute Gasteiger partial charge is 0.261 e. The molecule has 1 heterocycles. The fourth-order valence-electron chi connectivity index (χ4n) is 4.05. The summed E-state index contributed by atoms with van der Waals surface area (Å²) in [6.45, 7) is 18.3. The second-order valence-corrected chi connectivity index (χ2v) is 7.65. The zero-order chi connectivity index (χ0) is 26.2. The summed E-state index contributed by atoms with van der Waals surface area (Å²) >= 11 is 0. The molecule has 0 radical (unpaired) electrons. The Bertz CT molecular complexity index is 572. The first kappa shape index (κ1) is 34.5. The number of benzene rings is 1. The number of imide groups is 1. The van der Waals surface area contributed by atoms with Crippen LogP contribution in [0.15, 0.2) is 24.3 Å². The third-order valence-corrected chi connectivity index (χ3v) is 5.63. The Morgan fingerprint density at radius 3 is 1.68 bits per heavy atom. The van der Waals surface area contributed by atoms with Crippen molar-refractivity contribution in [2.75, 3.05) is 19.8 Å². The van der Waals surface area contributed by atoms with Crippen molar-refractivity contribution in [3.63, 3.8) is 0 Å². The molecule has 34 heavy (non-hydrogen) atoms. The molecule has 1 fully saturated rings. The molecule has 0 aromatic heterocycles. The van der Waals surface area contributed by atoms with Gasteiger partial charge in [-0.25, -0.2) is 0 Å². The topological polar surface area (TPSA) is 46.6 Å². The summed E-state index contributed by atoms with van der Waals surface area (Å²) in [5.74, 6) is 0.487. The molecule has 0 atom stereocenters. The maximum atomic E-state index is 12.3. The summed E-state index contributed by atoms with van der Waals surface area (Å²) in [6, 6.07) is 7.09. The molecule has 0 spiro atoms. The van der Waals surface area contributed by atoms with E-state index in [0.29, 0.717) is 17.7 Å². The zero-order valence-electron chi connectivity index (χ0n) is 23.8. The van der Waals surface area contributed by atoms with Crippen LogP contribution in [-0.4, -0.2) is 36.5 Å². The number of fused-ring (bicyclic) bond motifs is 1. The molecule has 1 aromatic carbocycles. The molecule has 2 amide bonds. The summed E-state index contributed by atoms with van der Waals surface area (Å²) in [4.78, 5) is 25.9. The van der Waals surface area contributed by atoms with E-state index >= 15 is 0 Å². The molecule has 4 heteroatoms. The van der Waals surface area contributed by atoms with Crippen LogP contribution in [0.2, 0.25) is 0 Å². The summed E-state index contributed by atoms with van der Waals surface area (Å²) in [5, 5.41) is 0. The van der Waals surface area contributed by atoms with Crippen LogP contribution >= 0.6 is 0 Å². The Labute approximate surface area is 211 Å². The SMILES string of the molecule is CC.CC.CC.CC.O=C1c2ccccc2C(=O)N1CCCCCCOCC1CCCCCC1. The van der Waals surface area contributed by atoms with Crippen LogP contribution in [0.3, 0.4) is 0 Å². The van der Waals surface area contributed by atoms with Gasteiger partial charge in [0, 0.05) is 19.8 Å². The first-order chi connectivity index (χ1) is 16.8. The van der Waals surface area contributed by atoms with Crippen molar-refractivity contribution in [2.45, 2.75) is 120 Å². The van der Waals surface area contributed by atoms with Crippen molar-refractivity contribution in [2.24, 2.45) is 5.92 Å². The third-order valence-electron chi connectivity index (χ3n) is 5.63. The number of hydrogen-bond acceptors (Lipinski definition) is 3. The van der Waals surface area contributed by atoms with E-state index in [1.807, 2.05) is 67.5 Å². The molecule has 0 bridgehead atoms. The van der Waals surface area contributed by atoms with E-state index < -0.39 is 0 Å². The Morgan fingerprint density at radius 1 is 0.706 bits per heavy atom. The second kappa shape index (κ2) is 24.4. The van der Waals surface area contributed by atoms with Crippen LogP contribution in [0.1, 0.15) is 140 Å². The van der Waals surface area contributed by atoms with E-state index in [0.717, 1.165) is 44.8 Å². The Morgan fingerprint density at radius 2 is 1.18 bits per heavy atom. The summed E-state index contributed by atoms with van der Waals surface area (Å²) < 4.78 is 5.87. The lowest BCUT2D eigenvalue weighted by Crippen LogP contribution is -2.30. The Kier molecular flexibility index (Phi) is 24.8. The van der Waals surface area contributed by atoms with Gasteiger partial charge in [0.2, 0.25) is 0 Å². The van der Waals surface area contributed by atoms with Crippen LogP contribution < -0.4 is 0 Å². The molecular formula is C30H55NO3. The van der Waals surface area contributed by atoms with Crippen LogP contribution in [-0.2, 0) is 4.74 Å². The van der Waals surface area contributed by atoms with Gasteiger partial charge in [0.15, 0.2) is 0 Å². The average Bonchev–Trinajstić information content (AvgIpc) is 3.07. The van der Waals surface area contributed by atoms with Gasteiger partial charge in [-0.1, -0.05) is 106 Å². The number of amides is 2. The second-order valence-electron chi connectivity index (χ2n) is 7.65. The molecule has 1 aromatic rings. The number of ether oxygens (including phenoxy) is 1. The molecule has 4 nitrogen and oxygen atoms in total. The predicted octanol–water partition coefficient (Wildman–Crippen LogP) is 8.93. The highest BCUT2D eigenvalue weighted by atomic mass is 16.5. The number of nitrogens with zero attached hydrogens (tertiary/aromatic N) is 1. The van der Waals surface area contributed by atoms with E-state index in [4.69, 9.17) is 4.74 Å². The molecule has 0 saturated heterocycles. The Hall–Kier alpha value is -1.68. The molecule has 3 rings (SSSR count). The van der Waals surface area contributed by atoms with Gasteiger partial charge in [-0.15, -0.1) is 0 Å². The van der Waals surface area contributed by atoms with Gasteiger partial charge in [-0.2, -0.15) is 0 Å². The maximum absolute atomic E-state index is 12.3. The molecule has 198 valence electrons. The quantitative estimate of drug-likeness (QED) is 0.202. The van der Waals surface area contributed by atoms with E-state index in [9.17, 15) is 9.59 Å². The molecule has 0 unspecified atom stereocenters. The van der Waals surface area contributed by atoms with Crippen LogP contribution in [0.25, 0.3) is 0 Å². The van der Waals surface area contributed by atoms with Crippen molar-refractivity contribution in [1.29, 1.82) is 0 Å². The van der Waals surface area contributed by atoms with Gasteiger partial charge < -0.3 is 4.74 Å². The lowest BCUT2D eigenvalue weighted by atomic mass is 10.0. The van der Waals surface area contributed by atoms with Gasteiger partial charge >= 0.3 is 0 Å². The number of hydrogen-bond donors (Lipinski definition) is 0. The number of carbonyl (C=O) groups excluding carboxylic acids is 2. The van der Waals surface area contributed by atoms with Crippen molar-refractivity contribution in [3.05, 3.63) is 35.4 Å². The van der Waals surface area contributed by atoms with E-state index in [2.05, 4.69) is 0 Å². The minimum Gasteiger partial charge on any atom is -0.381 e. The summed E-state index contributed by atoms with van der Waals surface area (Å²) in [5.41, 5.74) is 1.09. The van der Waals surface area contributed by atoms with Gasteiger partial charge in [-0.3, -0.25) is 14.5 Å². The van der Waals surface area contributed by atoms with E-state index in [1.165, 1.54) is 43.4 Å². The first-order valence-corrected chi connectivity index (χ1v) is 14.3. The monoisotopic (exact) mass is 477 g/mol. The van der Waals surface area contributed by atoms with Gasteiger partial charge in [0.05, 0.1) is 11.1 Å². The maximum Gasteiger partial charge on any atom is 0.261 e. The lowest BCUT2D eigenvalue weighted by Gasteiger charge is -2.14. The van der Waals surface area contributed by atoms with Crippen LogP contribution in [0, 0.1) is 5.92 Å². The fourth-order valence-corrected chi connectivity index (χ4v) is 4.05. The van der Waals surface area contributed by atoms with Crippen molar-refractivity contribution in [3.8, 4) is 0 Å². The lowest BCUT2D eigenvalue weighted by molar-refractivity contribution is 0.0649. The molecule has 1 aliphatic carbocycles. The molecule has 0 N–H and O–H groups in total. The van der Waals surface area contributed by atoms with Crippen LogP contribution in [0.4, 0.5) is 0 Å². The standard InChI is InChI=1S/C22H31NO3.4C2H6/c24-21-19-13-7-8-14-20(19)22(25)23(21)15-9-3-4-10-16-26-17-18-11-5-1-2-6-12-18;4*1-2/h7-8,13-14,18H,1-6,9-12,15-17H2;4*1-2H3. The van der Waals surface area contributed by atoms with E-state index in [-0.39, 0.29) is 11.8 Å². The van der Waals surface area contributed by atoms with Crippen LogP contribution in [0.5, 0.6) is 0 Å². The summed E-state index contributed by atoms with van der Waals surface area (Å²) in [6.07, 6.45) is 12.2. The predicted molar refractivity (Wildman–Crippen MR) is 148 cm³/mol. The average molecular weight is 478 g/mol. The van der Waals surface area contributed by atoms with Gasteiger partial charge in [0.1, 0.15) is 0 Å². The molecule has 1 saturated carbocycles. The number of unbranched alkanes of at least 4 members (excludes halogenated alkanes) is 3. The minimum atomic E-state index is -0.141. The molecule has 2 aliphatic rings. The minimum absolute atomic E-state index is 0.141. The fraction of sp³-hybridized carbons (Fsp3) is 0.733. The number of rotatable bonds is 9.